The van der Waals surface area contributed by atoms with Gasteiger partial charge in [0.1, 0.15) is 0 Å². The molecule has 4 aliphatic rings. The number of nitrogens with zero attached hydrogens (tertiary/aromatic N) is 4. The van der Waals surface area contributed by atoms with Gasteiger partial charge >= 0.3 is 0 Å². The zero-order chi connectivity index (χ0) is 44.6. The molecule has 0 atom stereocenters. The minimum Gasteiger partial charge on any atom is -0.340 e. The highest BCUT2D eigenvalue weighted by Gasteiger charge is 2.45. The van der Waals surface area contributed by atoms with E-state index in [1.807, 2.05) is 0 Å². The second kappa shape index (κ2) is 18.4. The van der Waals surface area contributed by atoms with Crippen molar-refractivity contribution in [2.24, 2.45) is 0 Å². The van der Waals surface area contributed by atoms with Crippen molar-refractivity contribution in [2.45, 2.75) is 263 Å². The molecule has 4 heterocycles. The molecule has 0 radical (unpaired) electrons. The predicted molar refractivity (Wildman–Crippen MR) is 249 cm³/mol. The lowest BCUT2D eigenvalue weighted by Gasteiger charge is -2.52. The standard InChI is InChI=1S/C49H96N8O2/c1-36(58)56(39-31-46(10,11)52-47(12,13)32-39)23-21-19-20-22-24-57(40-33-48(14,15)53-49(16,17)34-40)41(59)35-55(38-29-44(6,7)51-45(8,9)30-38)26-25-54(18)37-27-42(2,3)50-43(4,5)28-37/h37-40,50-53H,19-35H2,1-18H3. The van der Waals surface area contributed by atoms with E-state index in [4.69, 9.17) is 0 Å². The Hall–Kier alpha value is -1.30. The van der Waals surface area contributed by atoms with E-state index in [1.54, 1.807) is 6.92 Å². The smallest absolute Gasteiger partial charge is 0.237 e. The molecule has 0 saturated carbocycles. The number of amides is 2. The summed E-state index contributed by atoms with van der Waals surface area (Å²) in [7, 11) is 2.31. The normalized spacial score (nSPS) is 26.5. The summed E-state index contributed by atoms with van der Waals surface area (Å²) in [5, 5.41) is 15.4. The number of piperidine rings is 4. The van der Waals surface area contributed by atoms with Crippen molar-refractivity contribution in [1.29, 1.82) is 0 Å². The first-order valence-corrected chi connectivity index (χ1v) is 23.9. The first-order valence-electron chi connectivity index (χ1n) is 23.9. The molecule has 0 aromatic carbocycles. The summed E-state index contributed by atoms with van der Waals surface area (Å²) in [4.78, 5) is 37.7. The van der Waals surface area contributed by atoms with Gasteiger partial charge in [0, 0.05) is 102 Å². The van der Waals surface area contributed by atoms with E-state index >= 15 is 4.79 Å². The fourth-order valence-corrected chi connectivity index (χ4v) is 13.2. The van der Waals surface area contributed by atoms with Crippen molar-refractivity contribution in [3.63, 3.8) is 0 Å². The maximum Gasteiger partial charge on any atom is 0.237 e. The molecule has 0 bridgehead atoms. The van der Waals surface area contributed by atoms with E-state index in [0.717, 1.165) is 103 Å². The molecule has 4 N–H and O–H groups in total. The predicted octanol–water partition coefficient (Wildman–Crippen LogP) is 7.69. The number of carbonyl (C=O) groups is 2. The summed E-state index contributed by atoms with van der Waals surface area (Å²) in [6.45, 7) is 42.6. The molecule has 2 amide bonds. The number of carbonyl (C=O) groups excluding carboxylic acids is 2. The Bertz CT molecular complexity index is 1350. The van der Waals surface area contributed by atoms with E-state index in [9.17, 15) is 4.79 Å². The highest BCUT2D eigenvalue weighted by molar-refractivity contribution is 5.78. The minimum atomic E-state index is -0.0548. The van der Waals surface area contributed by atoms with Gasteiger partial charge in [0.05, 0.1) is 6.54 Å². The summed E-state index contributed by atoms with van der Waals surface area (Å²) in [6.07, 6.45) is 12.3. The molecule has 0 aliphatic carbocycles. The van der Waals surface area contributed by atoms with Crippen molar-refractivity contribution in [3.8, 4) is 0 Å². The SMILES string of the molecule is CC(=O)N(CCCCCCN(C(=O)CN(CCN(C)C1CC(C)(C)NC(C)(C)C1)C1CC(C)(C)NC(C)(C)C1)C1CC(C)(C)NC(C)(C)C1)C1CC(C)(C)NC(C)(C)C1. The Balaban J connectivity index is 1.49. The fourth-order valence-electron chi connectivity index (χ4n) is 13.2. The quantitative estimate of drug-likeness (QED) is 0.118. The molecule has 10 nitrogen and oxygen atoms in total. The van der Waals surface area contributed by atoms with Crippen molar-refractivity contribution in [3.05, 3.63) is 0 Å². The van der Waals surface area contributed by atoms with Crippen molar-refractivity contribution < 1.29 is 9.59 Å². The summed E-state index contributed by atoms with van der Waals surface area (Å²) >= 11 is 0. The van der Waals surface area contributed by atoms with E-state index in [0.29, 0.717) is 24.5 Å². The highest BCUT2D eigenvalue weighted by atomic mass is 16.2. The maximum absolute atomic E-state index is 15.1. The Morgan fingerprint density at radius 1 is 0.424 bits per heavy atom. The molecule has 4 fully saturated rings. The van der Waals surface area contributed by atoms with Crippen LogP contribution in [0.5, 0.6) is 0 Å². The van der Waals surface area contributed by atoms with Crippen molar-refractivity contribution in [1.82, 2.24) is 40.9 Å². The molecule has 59 heavy (non-hydrogen) atoms. The Morgan fingerprint density at radius 2 is 0.729 bits per heavy atom. The topological polar surface area (TPSA) is 95.2 Å². The second-order valence-corrected chi connectivity index (χ2v) is 25.5. The van der Waals surface area contributed by atoms with Crippen LogP contribution in [0.1, 0.15) is 195 Å². The van der Waals surface area contributed by atoms with Crippen molar-refractivity contribution >= 4 is 11.8 Å². The molecule has 10 heteroatoms. The Kier molecular flexibility index (Phi) is 15.7. The van der Waals surface area contributed by atoms with Crippen LogP contribution in [0.3, 0.4) is 0 Å². The lowest BCUT2D eigenvalue weighted by Crippen LogP contribution is -2.65. The molecular formula is C49H96N8O2. The number of nitrogens with one attached hydrogen (secondary N) is 4. The Morgan fingerprint density at radius 3 is 1.08 bits per heavy atom. The Labute approximate surface area is 364 Å². The lowest BCUT2D eigenvalue weighted by molar-refractivity contribution is -0.138. The van der Waals surface area contributed by atoms with E-state index in [1.165, 1.54) is 0 Å². The van der Waals surface area contributed by atoms with Crippen LogP contribution in [-0.4, -0.2) is 140 Å². The molecular weight excluding hydrogens is 733 g/mol. The van der Waals surface area contributed by atoms with Crippen LogP contribution in [0.15, 0.2) is 0 Å². The van der Waals surface area contributed by atoms with Gasteiger partial charge < -0.3 is 36.0 Å². The van der Waals surface area contributed by atoms with Crippen LogP contribution < -0.4 is 21.3 Å². The van der Waals surface area contributed by atoms with Gasteiger partial charge in [-0.1, -0.05) is 12.8 Å². The van der Waals surface area contributed by atoms with Gasteiger partial charge in [-0.2, -0.15) is 0 Å². The molecule has 4 saturated heterocycles. The zero-order valence-electron chi connectivity index (χ0n) is 41.9. The average molecular weight is 829 g/mol. The number of likely N-dealkylation sites (N-methyl/N-ethyl adjacent to an activating group) is 1. The molecule has 0 aromatic heterocycles. The summed E-state index contributed by atoms with van der Waals surface area (Å²) in [6, 6.07) is 1.27. The first-order chi connectivity index (χ1) is 26.7. The molecule has 4 rings (SSSR count). The van der Waals surface area contributed by atoms with Gasteiger partial charge in [0.25, 0.3) is 0 Å². The number of unbranched alkanes of at least 4 members (excludes halogenated alkanes) is 3. The third-order valence-electron chi connectivity index (χ3n) is 14.0. The van der Waals surface area contributed by atoms with E-state index < -0.39 is 0 Å². The number of hydrogen-bond acceptors (Lipinski definition) is 8. The van der Waals surface area contributed by atoms with Gasteiger partial charge in [0.2, 0.25) is 11.8 Å². The van der Waals surface area contributed by atoms with Crippen LogP contribution in [0.4, 0.5) is 0 Å². The van der Waals surface area contributed by atoms with Crippen LogP contribution in [0, 0.1) is 0 Å². The molecule has 344 valence electrons. The van der Waals surface area contributed by atoms with Crippen LogP contribution >= 0.6 is 0 Å². The van der Waals surface area contributed by atoms with Gasteiger partial charge in [-0.15, -0.1) is 0 Å². The van der Waals surface area contributed by atoms with Gasteiger partial charge in [-0.05, 0) is 182 Å². The summed E-state index contributed by atoms with van der Waals surface area (Å²) in [5.74, 6) is 0.486. The first kappa shape index (κ1) is 50.3. The maximum atomic E-state index is 15.1. The summed E-state index contributed by atoms with van der Waals surface area (Å²) < 4.78 is 0. The van der Waals surface area contributed by atoms with E-state index in [-0.39, 0.29) is 62.3 Å². The van der Waals surface area contributed by atoms with Gasteiger partial charge in [0.15, 0.2) is 0 Å². The van der Waals surface area contributed by atoms with Gasteiger partial charge in [-0.3, -0.25) is 14.5 Å². The summed E-state index contributed by atoms with van der Waals surface area (Å²) in [5.41, 5.74) is 0.0482. The van der Waals surface area contributed by atoms with Crippen LogP contribution in [0.2, 0.25) is 0 Å². The number of hydrogen-bond donors (Lipinski definition) is 4. The largest absolute Gasteiger partial charge is 0.340 e. The minimum absolute atomic E-state index is 0.00116. The molecule has 4 aliphatic heterocycles. The van der Waals surface area contributed by atoms with E-state index in [2.05, 4.69) is 159 Å². The monoisotopic (exact) mass is 829 g/mol. The average Bonchev–Trinajstić information content (AvgIpc) is 2.97. The third-order valence-corrected chi connectivity index (χ3v) is 14.0. The second-order valence-electron chi connectivity index (χ2n) is 25.5. The third kappa shape index (κ3) is 15.5. The zero-order valence-corrected chi connectivity index (χ0v) is 41.9. The molecule has 0 spiro atoms. The number of rotatable bonds is 16. The van der Waals surface area contributed by atoms with Crippen molar-refractivity contribution in [2.75, 3.05) is 39.8 Å². The highest BCUT2D eigenvalue weighted by Crippen LogP contribution is 2.36. The van der Waals surface area contributed by atoms with Gasteiger partial charge in [-0.25, -0.2) is 0 Å². The van der Waals surface area contributed by atoms with Crippen LogP contribution in [0.25, 0.3) is 0 Å². The lowest BCUT2D eigenvalue weighted by atomic mass is 9.78. The molecule has 0 unspecified atom stereocenters. The fraction of sp³-hybridized carbons (Fsp3) is 0.959. The molecule has 0 aromatic rings. The van der Waals surface area contributed by atoms with Crippen LogP contribution in [-0.2, 0) is 9.59 Å².